The summed E-state index contributed by atoms with van der Waals surface area (Å²) in [5.41, 5.74) is 0.651. The van der Waals surface area contributed by atoms with E-state index in [2.05, 4.69) is 11.9 Å². The molecule has 0 spiro atoms. The molecule has 6 nitrogen and oxygen atoms in total. The molecule has 0 bridgehead atoms. The lowest BCUT2D eigenvalue weighted by atomic mass is 10.0. The van der Waals surface area contributed by atoms with Crippen molar-refractivity contribution in [1.29, 1.82) is 0 Å². The molecule has 2 aliphatic heterocycles. The Bertz CT molecular complexity index is 635. The van der Waals surface area contributed by atoms with Gasteiger partial charge in [0, 0.05) is 37.8 Å². The van der Waals surface area contributed by atoms with Gasteiger partial charge in [-0.2, -0.15) is 0 Å². The first kappa shape index (κ1) is 20.3. The number of carbonyl (C=O) groups excluding carboxylic acids is 2. The van der Waals surface area contributed by atoms with Crippen molar-refractivity contribution >= 4 is 24.2 Å². The monoisotopic (exact) mass is 379 g/mol. The number of rotatable bonds is 5. The van der Waals surface area contributed by atoms with Crippen LogP contribution in [0.3, 0.4) is 0 Å². The highest BCUT2D eigenvalue weighted by Crippen LogP contribution is 2.20. The summed E-state index contributed by atoms with van der Waals surface area (Å²) in [4.78, 5) is 28.7. The Morgan fingerprint density at radius 3 is 2.77 bits per heavy atom. The fraction of sp³-hybridized carbons (Fsp3) is 0.474. The Morgan fingerprint density at radius 1 is 1.31 bits per heavy atom. The summed E-state index contributed by atoms with van der Waals surface area (Å²) in [5, 5.41) is 3.09. The summed E-state index contributed by atoms with van der Waals surface area (Å²) < 4.78 is 5.45. The number of piperidine rings is 1. The molecule has 26 heavy (non-hydrogen) atoms. The number of nitrogens with zero attached hydrogens (tertiary/aromatic N) is 2. The van der Waals surface area contributed by atoms with Gasteiger partial charge in [-0.15, -0.1) is 12.4 Å². The van der Waals surface area contributed by atoms with Crippen molar-refractivity contribution in [3.63, 3.8) is 0 Å². The Morgan fingerprint density at radius 2 is 2.08 bits per heavy atom. The molecule has 1 unspecified atom stereocenters. The highest BCUT2D eigenvalue weighted by molar-refractivity contribution is 5.94. The zero-order valence-electron chi connectivity index (χ0n) is 14.9. The van der Waals surface area contributed by atoms with Crippen LogP contribution >= 0.6 is 12.4 Å². The van der Waals surface area contributed by atoms with Crippen molar-refractivity contribution in [2.24, 2.45) is 0 Å². The molecule has 1 aromatic carbocycles. The van der Waals surface area contributed by atoms with Gasteiger partial charge >= 0.3 is 0 Å². The van der Waals surface area contributed by atoms with E-state index in [9.17, 15) is 9.59 Å². The predicted octanol–water partition coefficient (Wildman–Crippen LogP) is 1.71. The number of benzene rings is 1. The molecule has 0 saturated carbocycles. The van der Waals surface area contributed by atoms with Crippen LogP contribution < -0.4 is 10.1 Å². The molecular formula is C19H26ClN3O3. The molecule has 2 saturated heterocycles. The average Bonchev–Trinajstić information content (AvgIpc) is 2.67. The van der Waals surface area contributed by atoms with Gasteiger partial charge in [0.15, 0.2) is 0 Å². The van der Waals surface area contributed by atoms with E-state index < -0.39 is 0 Å². The quantitative estimate of drug-likeness (QED) is 0.791. The van der Waals surface area contributed by atoms with Crippen LogP contribution in [-0.2, 0) is 4.79 Å². The molecule has 0 aromatic heterocycles. The smallest absolute Gasteiger partial charge is 0.253 e. The van der Waals surface area contributed by atoms with Crippen LogP contribution in [0, 0.1) is 0 Å². The summed E-state index contributed by atoms with van der Waals surface area (Å²) in [6.45, 7) is 7.36. The number of piperazine rings is 1. The predicted molar refractivity (Wildman–Crippen MR) is 103 cm³/mol. The number of hydrogen-bond acceptors (Lipinski definition) is 4. The minimum absolute atomic E-state index is 0. The zero-order chi connectivity index (χ0) is 17.6. The molecule has 1 atom stereocenters. The lowest BCUT2D eigenvalue weighted by Crippen LogP contribution is -2.57. The van der Waals surface area contributed by atoms with Crippen LogP contribution in [0.25, 0.3) is 0 Å². The molecule has 0 radical (unpaired) electrons. The van der Waals surface area contributed by atoms with Crippen molar-refractivity contribution in [1.82, 2.24) is 15.1 Å². The van der Waals surface area contributed by atoms with E-state index in [0.717, 1.165) is 38.2 Å². The van der Waals surface area contributed by atoms with Crippen molar-refractivity contribution in [3.05, 3.63) is 42.5 Å². The Balaban J connectivity index is 0.00000243. The highest BCUT2D eigenvalue weighted by Gasteiger charge is 2.31. The van der Waals surface area contributed by atoms with E-state index in [-0.39, 0.29) is 30.3 Å². The molecule has 2 heterocycles. The lowest BCUT2D eigenvalue weighted by Gasteiger charge is -2.41. The first-order valence-corrected chi connectivity index (χ1v) is 8.82. The fourth-order valence-corrected chi connectivity index (χ4v) is 3.43. The van der Waals surface area contributed by atoms with Crippen LogP contribution in [0.1, 0.15) is 23.2 Å². The van der Waals surface area contributed by atoms with E-state index in [0.29, 0.717) is 25.3 Å². The normalized spacial score (nSPS) is 20.3. The van der Waals surface area contributed by atoms with Gasteiger partial charge < -0.3 is 19.9 Å². The minimum Gasteiger partial charge on any atom is -0.490 e. The van der Waals surface area contributed by atoms with Crippen LogP contribution in [0.15, 0.2) is 36.9 Å². The van der Waals surface area contributed by atoms with Gasteiger partial charge in [0.1, 0.15) is 12.4 Å². The van der Waals surface area contributed by atoms with Gasteiger partial charge in [0.25, 0.3) is 5.91 Å². The number of carbonyl (C=O) groups is 2. The zero-order valence-corrected chi connectivity index (χ0v) is 15.7. The maximum Gasteiger partial charge on any atom is 0.253 e. The number of halogens is 1. The maximum absolute atomic E-state index is 12.8. The van der Waals surface area contributed by atoms with Crippen molar-refractivity contribution in [2.45, 2.75) is 18.9 Å². The van der Waals surface area contributed by atoms with Crippen LogP contribution in [0.5, 0.6) is 5.75 Å². The van der Waals surface area contributed by atoms with Crippen molar-refractivity contribution in [2.75, 3.05) is 39.3 Å². The SMILES string of the molecule is C=CCOc1ccc(C(=O)N2CCCC(N3CCNCC3=O)C2)cc1.Cl. The van der Waals surface area contributed by atoms with Gasteiger partial charge in [-0.05, 0) is 37.1 Å². The topological polar surface area (TPSA) is 61.9 Å². The summed E-state index contributed by atoms with van der Waals surface area (Å²) in [7, 11) is 0. The van der Waals surface area contributed by atoms with Gasteiger partial charge in [0.2, 0.25) is 5.91 Å². The van der Waals surface area contributed by atoms with Gasteiger partial charge in [-0.1, -0.05) is 12.7 Å². The molecule has 1 aromatic rings. The molecule has 2 fully saturated rings. The standard InChI is InChI=1S/C19H25N3O3.ClH/c1-2-12-25-17-7-5-15(6-8-17)19(24)21-10-3-4-16(14-21)22-11-9-20-13-18(22)23;/h2,5-8,16,20H,1,3-4,9-14H2;1H. The molecule has 2 amide bonds. The molecule has 142 valence electrons. The first-order valence-electron chi connectivity index (χ1n) is 8.82. The minimum atomic E-state index is 0. The van der Waals surface area contributed by atoms with E-state index in [1.165, 1.54) is 0 Å². The van der Waals surface area contributed by atoms with Crippen molar-refractivity contribution in [3.8, 4) is 5.75 Å². The summed E-state index contributed by atoms with van der Waals surface area (Å²) in [6.07, 6.45) is 3.57. The molecular weight excluding hydrogens is 354 g/mol. The molecule has 0 aliphatic carbocycles. The first-order chi connectivity index (χ1) is 12.2. The van der Waals surface area contributed by atoms with E-state index >= 15 is 0 Å². The van der Waals surface area contributed by atoms with Crippen LogP contribution in [0.2, 0.25) is 0 Å². The summed E-state index contributed by atoms with van der Waals surface area (Å²) in [6, 6.07) is 7.32. The van der Waals surface area contributed by atoms with Crippen LogP contribution in [0.4, 0.5) is 0 Å². The van der Waals surface area contributed by atoms with Crippen molar-refractivity contribution < 1.29 is 14.3 Å². The van der Waals surface area contributed by atoms with Gasteiger partial charge in [0.05, 0.1) is 6.54 Å². The van der Waals surface area contributed by atoms with E-state index in [4.69, 9.17) is 4.74 Å². The average molecular weight is 380 g/mol. The molecule has 7 heteroatoms. The second kappa shape index (κ2) is 9.59. The molecule has 1 N–H and O–H groups in total. The Labute approximate surface area is 160 Å². The largest absolute Gasteiger partial charge is 0.490 e. The fourth-order valence-electron chi connectivity index (χ4n) is 3.43. The number of hydrogen-bond donors (Lipinski definition) is 1. The van der Waals surface area contributed by atoms with E-state index in [1.807, 2.05) is 9.80 Å². The maximum atomic E-state index is 12.8. The second-order valence-corrected chi connectivity index (χ2v) is 6.44. The Kier molecular flexibility index (Phi) is 7.48. The summed E-state index contributed by atoms with van der Waals surface area (Å²) in [5.74, 6) is 0.871. The number of likely N-dealkylation sites (tertiary alicyclic amines) is 1. The van der Waals surface area contributed by atoms with E-state index in [1.54, 1.807) is 30.3 Å². The third kappa shape index (κ3) is 4.77. The van der Waals surface area contributed by atoms with Gasteiger partial charge in [-0.25, -0.2) is 0 Å². The summed E-state index contributed by atoms with van der Waals surface area (Å²) >= 11 is 0. The highest BCUT2D eigenvalue weighted by atomic mass is 35.5. The third-order valence-corrected chi connectivity index (χ3v) is 4.72. The van der Waals surface area contributed by atoms with Crippen LogP contribution in [-0.4, -0.2) is 67.0 Å². The number of ether oxygens (including phenoxy) is 1. The second-order valence-electron chi connectivity index (χ2n) is 6.44. The number of nitrogens with one attached hydrogen (secondary N) is 1. The molecule has 2 aliphatic rings. The van der Waals surface area contributed by atoms with Gasteiger partial charge in [-0.3, -0.25) is 9.59 Å². The lowest BCUT2D eigenvalue weighted by molar-refractivity contribution is -0.135. The molecule has 3 rings (SSSR count). The Hall–Kier alpha value is -2.05. The third-order valence-electron chi connectivity index (χ3n) is 4.72. The number of amides is 2.